The highest BCUT2D eigenvalue weighted by Crippen LogP contribution is 2.36. The van der Waals surface area contributed by atoms with Crippen molar-refractivity contribution in [1.29, 1.82) is 0 Å². The van der Waals surface area contributed by atoms with Crippen molar-refractivity contribution in [3.63, 3.8) is 0 Å². The van der Waals surface area contributed by atoms with E-state index < -0.39 is 11.4 Å². The summed E-state index contributed by atoms with van der Waals surface area (Å²) in [5, 5.41) is 9.69. The van der Waals surface area contributed by atoms with Gasteiger partial charge in [-0.05, 0) is 30.4 Å². The number of aliphatic carboxylic acids is 1. The van der Waals surface area contributed by atoms with E-state index in [4.69, 9.17) is 0 Å². The van der Waals surface area contributed by atoms with E-state index in [1.165, 1.54) is 12.5 Å². The molecule has 0 radical (unpaired) electrons. The molecule has 0 saturated carbocycles. The van der Waals surface area contributed by atoms with E-state index in [9.17, 15) is 14.7 Å². The molecule has 2 rings (SSSR count). The van der Waals surface area contributed by atoms with Crippen molar-refractivity contribution in [1.82, 2.24) is 4.90 Å². The van der Waals surface area contributed by atoms with E-state index in [1.54, 1.807) is 4.90 Å². The molecule has 4 heteroatoms. The van der Waals surface area contributed by atoms with Gasteiger partial charge in [0.15, 0.2) is 0 Å². The minimum Gasteiger partial charge on any atom is -0.481 e. The van der Waals surface area contributed by atoms with Crippen LogP contribution < -0.4 is 0 Å². The first-order valence-corrected chi connectivity index (χ1v) is 7.08. The highest BCUT2D eigenvalue weighted by molar-refractivity contribution is 5.82. The largest absolute Gasteiger partial charge is 0.481 e. The summed E-state index contributed by atoms with van der Waals surface area (Å²) >= 11 is 0. The third kappa shape index (κ3) is 2.55. The van der Waals surface area contributed by atoms with Gasteiger partial charge in [0.1, 0.15) is 0 Å². The van der Waals surface area contributed by atoms with E-state index in [-0.39, 0.29) is 5.91 Å². The van der Waals surface area contributed by atoms with Crippen LogP contribution in [0.5, 0.6) is 0 Å². The highest BCUT2D eigenvalue weighted by Gasteiger charge is 2.43. The maximum atomic E-state index is 11.8. The van der Waals surface area contributed by atoms with Gasteiger partial charge in [0.25, 0.3) is 0 Å². The lowest BCUT2D eigenvalue weighted by atomic mass is 9.72. The molecule has 1 aliphatic heterocycles. The van der Waals surface area contributed by atoms with E-state index in [0.717, 1.165) is 12.0 Å². The average Bonchev–Trinajstić information content (AvgIpc) is 2.47. The molecule has 1 amide bonds. The summed E-state index contributed by atoms with van der Waals surface area (Å²) in [7, 11) is 0. The molecule has 1 saturated heterocycles. The summed E-state index contributed by atoms with van der Waals surface area (Å²) in [4.78, 5) is 24.9. The molecule has 1 fully saturated rings. The molecule has 20 heavy (non-hydrogen) atoms. The first kappa shape index (κ1) is 14.6. The predicted octanol–water partition coefficient (Wildman–Crippen LogP) is 2.21. The first-order valence-electron chi connectivity index (χ1n) is 7.08. The molecule has 0 aliphatic carbocycles. The lowest BCUT2D eigenvalue weighted by Gasteiger charge is -2.39. The van der Waals surface area contributed by atoms with Crippen LogP contribution in [0.25, 0.3) is 0 Å². The number of aryl methyl sites for hydroxylation is 1. The van der Waals surface area contributed by atoms with Crippen LogP contribution in [0, 0.1) is 0 Å². The summed E-state index contributed by atoms with van der Waals surface area (Å²) in [6.45, 7) is 4.63. The Bertz CT molecular complexity index is 499. The highest BCUT2D eigenvalue weighted by atomic mass is 16.4. The van der Waals surface area contributed by atoms with Crippen LogP contribution in [0.3, 0.4) is 0 Å². The number of rotatable bonds is 3. The average molecular weight is 275 g/mol. The number of amides is 1. The van der Waals surface area contributed by atoms with Gasteiger partial charge in [-0.1, -0.05) is 31.2 Å². The maximum absolute atomic E-state index is 11.8. The van der Waals surface area contributed by atoms with E-state index >= 15 is 0 Å². The van der Waals surface area contributed by atoms with Crippen LogP contribution in [0.15, 0.2) is 24.3 Å². The fraction of sp³-hybridized carbons (Fsp3) is 0.500. The lowest BCUT2D eigenvalue weighted by Crippen LogP contribution is -2.48. The number of carbonyl (C=O) groups is 2. The number of carboxylic acids is 1. The molecule has 0 bridgehead atoms. The molecule has 0 atom stereocenters. The van der Waals surface area contributed by atoms with Gasteiger partial charge in [-0.2, -0.15) is 0 Å². The Morgan fingerprint density at radius 3 is 2.15 bits per heavy atom. The number of hydrogen-bond donors (Lipinski definition) is 1. The molecule has 1 aromatic carbocycles. The van der Waals surface area contributed by atoms with Gasteiger partial charge in [-0.15, -0.1) is 0 Å². The number of hydrogen-bond acceptors (Lipinski definition) is 2. The monoisotopic (exact) mass is 275 g/mol. The Labute approximate surface area is 119 Å². The van der Waals surface area contributed by atoms with Gasteiger partial charge in [0.05, 0.1) is 5.41 Å². The molecule has 108 valence electrons. The van der Waals surface area contributed by atoms with Gasteiger partial charge in [-0.3, -0.25) is 9.59 Å². The number of carboxylic acid groups (broad SMARTS) is 1. The topological polar surface area (TPSA) is 57.6 Å². The third-order valence-electron chi connectivity index (χ3n) is 4.39. The molecule has 0 spiro atoms. The molecule has 4 nitrogen and oxygen atoms in total. The minimum absolute atomic E-state index is 0.0188. The molecule has 1 aliphatic rings. The summed E-state index contributed by atoms with van der Waals surface area (Å²) in [5.41, 5.74) is 1.21. The second kappa shape index (κ2) is 5.65. The molecule has 1 heterocycles. The van der Waals surface area contributed by atoms with Crippen molar-refractivity contribution in [3.8, 4) is 0 Å². The lowest BCUT2D eigenvalue weighted by molar-refractivity contribution is -0.148. The van der Waals surface area contributed by atoms with Crippen LogP contribution >= 0.6 is 0 Å². The van der Waals surface area contributed by atoms with Crippen molar-refractivity contribution >= 4 is 11.9 Å². The number of piperidine rings is 1. The van der Waals surface area contributed by atoms with E-state index in [1.807, 2.05) is 24.3 Å². The second-order valence-electron chi connectivity index (χ2n) is 5.44. The quantitative estimate of drug-likeness (QED) is 0.920. The van der Waals surface area contributed by atoms with Crippen LogP contribution in [-0.2, 0) is 21.4 Å². The number of carbonyl (C=O) groups excluding carboxylic acids is 1. The molecular weight excluding hydrogens is 254 g/mol. The fourth-order valence-corrected chi connectivity index (χ4v) is 2.89. The number of benzene rings is 1. The SMILES string of the molecule is CCc1ccc(C2(C(=O)O)CCN(C(C)=O)CC2)cc1. The zero-order valence-electron chi connectivity index (χ0n) is 12.1. The standard InChI is InChI=1S/C16H21NO3/c1-3-13-4-6-14(7-5-13)16(15(19)20)8-10-17(11-9-16)12(2)18/h4-7H,3,8-11H2,1-2H3,(H,19,20). The molecule has 0 aromatic heterocycles. The van der Waals surface area contributed by atoms with E-state index in [2.05, 4.69) is 6.92 Å². The zero-order valence-corrected chi connectivity index (χ0v) is 12.1. The minimum atomic E-state index is -0.849. The second-order valence-corrected chi connectivity index (χ2v) is 5.44. The van der Waals surface area contributed by atoms with Crippen LogP contribution in [0.1, 0.15) is 37.8 Å². The smallest absolute Gasteiger partial charge is 0.314 e. The summed E-state index contributed by atoms with van der Waals surface area (Å²) < 4.78 is 0. The first-order chi connectivity index (χ1) is 9.49. The van der Waals surface area contributed by atoms with Crippen LogP contribution in [-0.4, -0.2) is 35.0 Å². The van der Waals surface area contributed by atoms with E-state index in [0.29, 0.717) is 25.9 Å². The Hall–Kier alpha value is -1.84. The van der Waals surface area contributed by atoms with Crippen LogP contribution in [0.2, 0.25) is 0 Å². The normalized spacial score (nSPS) is 17.8. The van der Waals surface area contributed by atoms with Crippen molar-refractivity contribution in [3.05, 3.63) is 35.4 Å². The van der Waals surface area contributed by atoms with Gasteiger partial charge in [-0.25, -0.2) is 0 Å². The summed E-state index contributed by atoms with van der Waals surface area (Å²) in [5.74, 6) is -0.768. The Morgan fingerprint density at radius 1 is 1.20 bits per heavy atom. The van der Waals surface area contributed by atoms with Gasteiger partial charge in [0.2, 0.25) is 5.91 Å². The van der Waals surface area contributed by atoms with Crippen molar-refractivity contribution < 1.29 is 14.7 Å². The zero-order chi connectivity index (χ0) is 14.8. The number of likely N-dealkylation sites (tertiary alicyclic amines) is 1. The van der Waals surface area contributed by atoms with Crippen molar-refractivity contribution in [2.24, 2.45) is 0 Å². The Kier molecular flexibility index (Phi) is 4.12. The summed E-state index contributed by atoms with van der Waals surface area (Å²) in [6, 6.07) is 7.85. The van der Waals surface area contributed by atoms with Crippen molar-refractivity contribution in [2.45, 2.75) is 38.5 Å². The Morgan fingerprint density at radius 2 is 1.75 bits per heavy atom. The van der Waals surface area contributed by atoms with Crippen LogP contribution in [0.4, 0.5) is 0 Å². The third-order valence-corrected chi connectivity index (χ3v) is 4.39. The van der Waals surface area contributed by atoms with Crippen molar-refractivity contribution in [2.75, 3.05) is 13.1 Å². The molecule has 1 aromatic rings. The molecule has 0 unspecified atom stereocenters. The Balaban J connectivity index is 2.27. The van der Waals surface area contributed by atoms with Gasteiger partial charge in [0, 0.05) is 20.0 Å². The summed E-state index contributed by atoms with van der Waals surface area (Å²) in [6.07, 6.45) is 1.90. The van der Waals surface area contributed by atoms with Gasteiger partial charge >= 0.3 is 5.97 Å². The fourth-order valence-electron chi connectivity index (χ4n) is 2.89. The molecular formula is C16H21NO3. The maximum Gasteiger partial charge on any atom is 0.314 e. The number of nitrogens with zero attached hydrogens (tertiary/aromatic N) is 1. The van der Waals surface area contributed by atoms with Gasteiger partial charge < -0.3 is 10.0 Å². The molecule has 1 N–H and O–H groups in total. The predicted molar refractivity (Wildman–Crippen MR) is 76.6 cm³/mol.